The third kappa shape index (κ3) is 6.45. The molecule has 3 aromatic rings. The molecule has 0 bridgehead atoms. The van der Waals surface area contributed by atoms with Crippen LogP contribution in [0.5, 0.6) is 5.75 Å². The van der Waals surface area contributed by atoms with Gasteiger partial charge in [-0.25, -0.2) is 4.79 Å². The largest absolute Gasteiger partial charge is 0.508 e. The van der Waals surface area contributed by atoms with Gasteiger partial charge in [-0.15, -0.1) is 0 Å². The third-order valence-corrected chi connectivity index (χ3v) is 6.98. The van der Waals surface area contributed by atoms with Crippen LogP contribution in [0.3, 0.4) is 0 Å². The Morgan fingerprint density at radius 2 is 1.95 bits per heavy atom. The molecule has 1 aromatic heterocycles. The summed E-state index contributed by atoms with van der Waals surface area (Å²) in [5.41, 5.74) is 1.89. The molecule has 12 heteroatoms. The molecule has 2 aromatic carbocycles. The molecule has 0 saturated carbocycles. The highest BCUT2D eigenvalue weighted by Crippen LogP contribution is 2.22. The first-order valence-corrected chi connectivity index (χ1v) is 13.2. The highest BCUT2D eigenvalue weighted by molar-refractivity contribution is 9.18. The van der Waals surface area contributed by atoms with Gasteiger partial charge in [0.2, 0.25) is 5.91 Å². The Labute approximate surface area is 232 Å². The molecule has 39 heavy (non-hydrogen) atoms. The molecular formula is C27H26BrN5O6. The van der Waals surface area contributed by atoms with Gasteiger partial charge in [-0.1, -0.05) is 23.4 Å². The van der Waals surface area contributed by atoms with E-state index in [4.69, 9.17) is 9.57 Å². The molecule has 0 aliphatic carbocycles. The van der Waals surface area contributed by atoms with E-state index in [1.807, 2.05) is 30.3 Å². The van der Waals surface area contributed by atoms with Gasteiger partial charge in [0.05, 0.1) is 12.1 Å². The summed E-state index contributed by atoms with van der Waals surface area (Å²) in [6.07, 6.45) is 1.39. The van der Waals surface area contributed by atoms with Crippen LogP contribution in [-0.4, -0.2) is 68.8 Å². The zero-order chi connectivity index (χ0) is 27.4. The number of hydrogen-bond donors (Lipinski definition) is 3. The number of halogens is 1. The lowest BCUT2D eigenvalue weighted by Crippen LogP contribution is -2.47. The minimum atomic E-state index is -0.858. The smallest absolute Gasteiger partial charge is 0.410 e. The number of pyridine rings is 1. The average molecular weight is 596 g/mol. The highest BCUT2D eigenvalue weighted by atomic mass is 79.9. The number of amides is 3. The Hall–Kier alpha value is -4.19. The van der Waals surface area contributed by atoms with E-state index < -0.39 is 18.2 Å². The maximum absolute atomic E-state index is 13.2. The fraction of sp³-hybridized carbons (Fsp3) is 0.296. The monoisotopic (exact) mass is 595 g/mol. The van der Waals surface area contributed by atoms with Crippen molar-refractivity contribution in [2.24, 2.45) is 5.16 Å². The van der Waals surface area contributed by atoms with Gasteiger partial charge >= 0.3 is 6.09 Å². The number of nitrogens with one attached hydrogen (secondary N) is 2. The van der Waals surface area contributed by atoms with E-state index in [1.165, 1.54) is 29.2 Å². The standard InChI is InChI=1S/C27H26BrN5O6/c28-24-11-21(39-32-24)13-30-26(36)23-10-19(31-25(35)17-5-7-20(34)8-6-17)14-33(23)27(37)38-15-16-9-18-3-1-2-4-22(18)29-12-16/h1-9,12,19,21,23,34H,10-11,13-15H2,(H,30,36)(H,31,35)/t19-,21?,23+/m1/s1. The van der Waals surface area contributed by atoms with Crippen LogP contribution in [0.4, 0.5) is 4.79 Å². The predicted octanol–water partition coefficient (Wildman–Crippen LogP) is 3.06. The van der Waals surface area contributed by atoms with Gasteiger partial charge in [0.25, 0.3) is 5.91 Å². The van der Waals surface area contributed by atoms with Gasteiger partial charge in [-0.05, 0) is 58.7 Å². The second kappa shape index (κ2) is 11.7. The molecule has 2 aliphatic rings. The second-order valence-electron chi connectivity index (χ2n) is 9.36. The van der Waals surface area contributed by atoms with Gasteiger partial charge in [0.15, 0.2) is 6.10 Å². The Morgan fingerprint density at radius 1 is 1.15 bits per heavy atom. The number of carbonyl (C=O) groups is 3. The Morgan fingerprint density at radius 3 is 2.72 bits per heavy atom. The number of nitrogens with zero attached hydrogens (tertiary/aromatic N) is 3. The van der Waals surface area contributed by atoms with Crippen LogP contribution in [-0.2, 0) is 21.0 Å². The topological polar surface area (TPSA) is 142 Å². The van der Waals surface area contributed by atoms with Crippen LogP contribution in [0, 0.1) is 0 Å². The quantitative estimate of drug-likeness (QED) is 0.381. The number of rotatable bonds is 7. The van der Waals surface area contributed by atoms with Crippen LogP contribution in [0.1, 0.15) is 28.8 Å². The number of fused-ring (bicyclic) bond motifs is 1. The molecule has 1 fully saturated rings. The molecule has 0 radical (unpaired) electrons. The van der Waals surface area contributed by atoms with Crippen LogP contribution in [0.2, 0.25) is 0 Å². The maximum Gasteiger partial charge on any atom is 0.410 e. The Balaban J connectivity index is 1.25. The predicted molar refractivity (Wildman–Crippen MR) is 145 cm³/mol. The van der Waals surface area contributed by atoms with Crippen molar-refractivity contribution in [3.8, 4) is 5.75 Å². The maximum atomic E-state index is 13.2. The SMILES string of the molecule is O=C(N[C@@H]1C[C@@H](C(=O)NCC2CC(Br)=NO2)N(C(=O)OCc2cnc3ccccc3c2)C1)c1ccc(O)cc1. The molecule has 0 spiro atoms. The number of likely N-dealkylation sites (tertiary alicyclic amines) is 1. The normalized spacial score (nSPS) is 20.3. The summed E-state index contributed by atoms with van der Waals surface area (Å²) in [6, 6.07) is 14.0. The van der Waals surface area contributed by atoms with Crippen molar-refractivity contribution in [3.05, 3.63) is 71.9 Å². The van der Waals surface area contributed by atoms with Crippen molar-refractivity contribution in [3.63, 3.8) is 0 Å². The Bertz CT molecular complexity index is 1420. The summed E-state index contributed by atoms with van der Waals surface area (Å²) in [5.74, 6) is -0.714. The van der Waals surface area contributed by atoms with E-state index in [0.717, 1.165) is 10.9 Å². The molecule has 2 aliphatic heterocycles. The lowest BCUT2D eigenvalue weighted by molar-refractivity contribution is -0.125. The molecule has 1 unspecified atom stereocenters. The number of para-hydroxylation sites is 1. The zero-order valence-corrected chi connectivity index (χ0v) is 22.3. The second-order valence-corrected chi connectivity index (χ2v) is 10.3. The van der Waals surface area contributed by atoms with Crippen molar-refractivity contribution in [2.45, 2.75) is 37.6 Å². The van der Waals surface area contributed by atoms with Crippen molar-refractivity contribution in [2.75, 3.05) is 13.1 Å². The fourth-order valence-corrected chi connectivity index (χ4v) is 4.98. The van der Waals surface area contributed by atoms with Crippen molar-refractivity contribution < 1.29 is 29.1 Å². The van der Waals surface area contributed by atoms with E-state index in [1.54, 1.807) is 6.20 Å². The molecule has 11 nitrogen and oxygen atoms in total. The van der Waals surface area contributed by atoms with Crippen molar-refractivity contribution in [1.29, 1.82) is 0 Å². The minimum Gasteiger partial charge on any atom is -0.508 e. The average Bonchev–Trinajstić information content (AvgIpc) is 3.56. The van der Waals surface area contributed by atoms with Gasteiger partial charge in [0, 0.05) is 41.7 Å². The summed E-state index contributed by atoms with van der Waals surface area (Å²) in [6.45, 7) is 0.280. The summed E-state index contributed by atoms with van der Waals surface area (Å²) < 4.78 is 6.22. The summed E-state index contributed by atoms with van der Waals surface area (Å²) in [5, 5.41) is 19.9. The fourth-order valence-electron chi connectivity index (χ4n) is 4.53. The van der Waals surface area contributed by atoms with Crippen LogP contribution in [0.25, 0.3) is 10.9 Å². The number of hydrogen-bond acceptors (Lipinski definition) is 8. The van der Waals surface area contributed by atoms with Gasteiger partial charge < -0.3 is 25.3 Å². The molecule has 3 amide bonds. The number of phenolic OH excluding ortho intramolecular Hbond substituents is 1. The number of aromatic hydroxyl groups is 1. The minimum absolute atomic E-state index is 0.0205. The lowest BCUT2D eigenvalue weighted by atomic mass is 10.1. The highest BCUT2D eigenvalue weighted by Gasteiger charge is 2.41. The van der Waals surface area contributed by atoms with E-state index in [9.17, 15) is 19.5 Å². The lowest BCUT2D eigenvalue weighted by Gasteiger charge is -2.23. The van der Waals surface area contributed by atoms with E-state index in [0.29, 0.717) is 22.2 Å². The van der Waals surface area contributed by atoms with E-state index >= 15 is 0 Å². The zero-order valence-electron chi connectivity index (χ0n) is 20.7. The van der Waals surface area contributed by atoms with Gasteiger partial charge in [-0.2, -0.15) is 0 Å². The molecule has 202 valence electrons. The first-order valence-electron chi connectivity index (χ1n) is 12.4. The molecule has 5 rings (SSSR count). The van der Waals surface area contributed by atoms with Crippen LogP contribution < -0.4 is 10.6 Å². The number of oxime groups is 1. The third-order valence-electron chi connectivity index (χ3n) is 6.51. The summed E-state index contributed by atoms with van der Waals surface area (Å²) >= 11 is 3.27. The molecular weight excluding hydrogens is 570 g/mol. The number of carbonyl (C=O) groups excluding carboxylic acids is 3. The Kier molecular flexibility index (Phi) is 7.92. The summed E-state index contributed by atoms with van der Waals surface area (Å²) in [4.78, 5) is 50.0. The summed E-state index contributed by atoms with van der Waals surface area (Å²) in [7, 11) is 0. The van der Waals surface area contributed by atoms with Gasteiger partial charge in [-0.3, -0.25) is 19.5 Å². The first-order chi connectivity index (χ1) is 18.9. The first kappa shape index (κ1) is 26.4. The molecule has 3 N–H and O–H groups in total. The number of benzene rings is 2. The molecule has 3 atom stereocenters. The van der Waals surface area contributed by atoms with Crippen LogP contribution in [0.15, 0.2) is 65.9 Å². The number of aromatic nitrogens is 1. The number of ether oxygens (including phenoxy) is 1. The van der Waals surface area contributed by atoms with E-state index in [-0.39, 0.29) is 49.8 Å². The molecule has 3 heterocycles. The van der Waals surface area contributed by atoms with Gasteiger partial charge in [0.1, 0.15) is 23.0 Å². The van der Waals surface area contributed by atoms with Crippen molar-refractivity contribution in [1.82, 2.24) is 20.5 Å². The van der Waals surface area contributed by atoms with Crippen molar-refractivity contribution >= 4 is 49.4 Å². The number of phenols is 1. The van der Waals surface area contributed by atoms with E-state index in [2.05, 4.69) is 36.7 Å². The molecule has 1 saturated heterocycles. The van der Waals surface area contributed by atoms with Crippen LogP contribution >= 0.6 is 15.9 Å².